The van der Waals surface area contributed by atoms with Gasteiger partial charge in [0.05, 0.1) is 16.8 Å². The van der Waals surface area contributed by atoms with Gasteiger partial charge in [-0.2, -0.15) is 5.10 Å². The van der Waals surface area contributed by atoms with Crippen molar-refractivity contribution in [1.82, 2.24) is 5.43 Å². The highest BCUT2D eigenvalue weighted by atomic mass is 35.5. The molecule has 4 nitrogen and oxygen atoms in total. The van der Waals surface area contributed by atoms with E-state index in [2.05, 4.69) is 10.5 Å². The second-order valence-corrected chi connectivity index (χ2v) is 5.24. The number of nitrogens with zero attached hydrogens (tertiary/aromatic N) is 1. The zero-order chi connectivity index (χ0) is 15.4. The quantitative estimate of drug-likeness (QED) is 0.667. The second kappa shape index (κ2) is 6.61. The number of benzene rings is 2. The summed E-state index contributed by atoms with van der Waals surface area (Å²) in [5.74, 6) is -0.927. The Hall–Kier alpha value is -2.04. The molecule has 6 heteroatoms. The molecule has 2 aromatic carbocycles. The highest BCUT2D eigenvalue weighted by Gasteiger charge is 2.14. The molecule has 21 heavy (non-hydrogen) atoms. The van der Waals surface area contributed by atoms with E-state index < -0.39 is 5.91 Å². The summed E-state index contributed by atoms with van der Waals surface area (Å²) >= 11 is 11.6. The van der Waals surface area contributed by atoms with E-state index in [-0.39, 0.29) is 21.4 Å². The Balaban J connectivity index is 2.10. The summed E-state index contributed by atoms with van der Waals surface area (Å²) in [5.41, 5.74) is 4.25. The number of hydrazone groups is 1. The van der Waals surface area contributed by atoms with E-state index in [0.717, 1.165) is 11.1 Å². The van der Waals surface area contributed by atoms with Gasteiger partial charge < -0.3 is 5.11 Å². The number of rotatable bonds is 3. The maximum atomic E-state index is 11.9. The summed E-state index contributed by atoms with van der Waals surface area (Å²) in [5, 5.41) is 13.8. The zero-order valence-electron chi connectivity index (χ0n) is 11.1. The van der Waals surface area contributed by atoms with E-state index in [1.54, 1.807) is 0 Å². The third-order valence-electron chi connectivity index (χ3n) is 2.73. The van der Waals surface area contributed by atoms with Crippen LogP contribution >= 0.6 is 23.2 Å². The molecule has 0 aromatic heterocycles. The van der Waals surface area contributed by atoms with Gasteiger partial charge in [0, 0.05) is 5.02 Å². The third kappa shape index (κ3) is 3.97. The minimum atomic E-state index is -0.597. The summed E-state index contributed by atoms with van der Waals surface area (Å²) in [6.07, 6.45) is 1.50. The Kier molecular flexibility index (Phi) is 4.83. The van der Waals surface area contributed by atoms with Crippen molar-refractivity contribution >= 4 is 35.3 Å². The van der Waals surface area contributed by atoms with Gasteiger partial charge in [0.1, 0.15) is 5.75 Å². The van der Waals surface area contributed by atoms with Crippen molar-refractivity contribution < 1.29 is 9.90 Å². The van der Waals surface area contributed by atoms with E-state index in [4.69, 9.17) is 23.2 Å². The summed E-state index contributed by atoms with van der Waals surface area (Å²) in [6.45, 7) is 1.98. The van der Waals surface area contributed by atoms with Crippen LogP contribution in [0.3, 0.4) is 0 Å². The number of phenols is 1. The number of aromatic hydroxyl groups is 1. The lowest BCUT2D eigenvalue weighted by Crippen LogP contribution is -2.17. The van der Waals surface area contributed by atoms with Gasteiger partial charge in [-0.3, -0.25) is 4.79 Å². The molecule has 0 aliphatic rings. The average molecular weight is 323 g/mol. The van der Waals surface area contributed by atoms with Crippen molar-refractivity contribution in [3.05, 3.63) is 63.1 Å². The zero-order valence-corrected chi connectivity index (χ0v) is 12.6. The van der Waals surface area contributed by atoms with Crippen LogP contribution in [0, 0.1) is 6.92 Å². The fourth-order valence-electron chi connectivity index (χ4n) is 1.62. The maximum absolute atomic E-state index is 11.9. The van der Waals surface area contributed by atoms with Crippen LogP contribution in [-0.4, -0.2) is 17.2 Å². The summed E-state index contributed by atoms with van der Waals surface area (Å²) in [7, 11) is 0. The molecule has 2 N–H and O–H groups in total. The third-order valence-corrected chi connectivity index (χ3v) is 3.24. The SMILES string of the molecule is Cc1ccc(C=NNC(=O)c2cc(Cl)cc(Cl)c2O)cc1. The average Bonchev–Trinajstić information content (AvgIpc) is 2.44. The van der Waals surface area contributed by atoms with Crippen molar-refractivity contribution in [2.24, 2.45) is 5.10 Å². The summed E-state index contributed by atoms with van der Waals surface area (Å²) < 4.78 is 0. The Morgan fingerprint density at radius 2 is 1.90 bits per heavy atom. The Labute approximate surface area is 132 Å². The van der Waals surface area contributed by atoms with E-state index in [1.165, 1.54) is 18.3 Å². The lowest BCUT2D eigenvalue weighted by Gasteiger charge is -2.05. The molecule has 1 amide bonds. The Morgan fingerprint density at radius 1 is 1.24 bits per heavy atom. The number of hydrogen-bond donors (Lipinski definition) is 2. The molecule has 2 rings (SSSR count). The van der Waals surface area contributed by atoms with Crippen molar-refractivity contribution in [2.75, 3.05) is 0 Å². The van der Waals surface area contributed by atoms with Gasteiger partial charge in [-0.05, 0) is 24.6 Å². The molecule has 0 heterocycles. The normalized spacial score (nSPS) is 10.8. The maximum Gasteiger partial charge on any atom is 0.275 e. The van der Waals surface area contributed by atoms with Gasteiger partial charge >= 0.3 is 0 Å². The van der Waals surface area contributed by atoms with Crippen LogP contribution in [0.25, 0.3) is 0 Å². The summed E-state index contributed by atoms with van der Waals surface area (Å²) in [4.78, 5) is 11.9. The minimum absolute atomic E-state index is 0.00941. The first kappa shape index (κ1) is 15.4. The van der Waals surface area contributed by atoms with Crippen molar-refractivity contribution in [2.45, 2.75) is 6.92 Å². The molecule has 0 fully saturated rings. The smallest absolute Gasteiger partial charge is 0.275 e. The first-order chi connectivity index (χ1) is 9.97. The lowest BCUT2D eigenvalue weighted by molar-refractivity contribution is 0.0952. The highest BCUT2D eigenvalue weighted by molar-refractivity contribution is 6.36. The fraction of sp³-hybridized carbons (Fsp3) is 0.0667. The number of phenolic OH excluding ortho intramolecular Hbond substituents is 1. The predicted octanol–water partition coefficient (Wildman–Crippen LogP) is 3.77. The number of hydrogen-bond acceptors (Lipinski definition) is 3. The van der Waals surface area contributed by atoms with Crippen molar-refractivity contribution in [1.29, 1.82) is 0 Å². The van der Waals surface area contributed by atoms with Gasteiger partial charge in [-0.25, -0.2) is 5.43 Å². The summed E-state index contributed by atoms with van der Waals surface area (Å²) in [6, 6.07) is 10.3. The molecule has 0 spiro atoms. The van der Waals surface area contributed by atoms with E-state index >= 15 is 0 Å². The molecule has 0 saturated carbocycles. The number of carbonyl (C=O) groups is 1. The molecule has 108 valence electrons. The Bertz CT molecular complexity index is 698. The first-order valence-electron chi connectivity index (χ1n) is 6.05. The molecule has 0 aliphatic carbocycles. The molecule has 0 radical (unpaired) electrons. The topological polar surface area (TPSA) is 61.7 Å². The van der Waals surface area contributed by atoms with Crippen LogP contribution < -0.4 is 5.43 Å². The standard InChI is InChI=1S/C15H12Cl2N2O2/c1-9-2-4-10(5-3-9)8-18-19-15(21)12-6-11(16)7-13(17)14(12)20/h2-8,20H,1H3,(H,19,21). The van der Waals surface area contributed by atoms with Crippen LogP contribution in [-0.2, 0) is 0 Å². The number of carbonyl (C=O) groups excluding carboxylic acids is 1. The van der Waals surface area contributed by atoms with Crippen LogP contribution in [0.5, 0.6) is 5.75 Å². The number of amides is 1. The van der Waals surface area contributed by atoms with Crippen LogP contribution in [0.1, 0.15) is 21.5 Å². The lowest BCUT2D eigenvalue weighted by atomic mass is 10.2. The van der Waals surface area contributed by atoms with Crippen molar-refractivity contribution in [3.63, 3.8) is 0 Å². The van der Waals surface area contributed by atoms with Gasteiger partial charge in [0.15, 0.2) is 0 Å². The van der Waals surface area contributed by atoms with Crippen molar-refractivity contribution in [3.8, 4) is 5.75 Å². The molecule has 0 atom stereocenters. The molecular formula is C15H12Cl2N2O2. The fourth-order valence-corrected chi connectivity index (χ4v) is 2.11. The van der Waals surface area contributed by atoms with Gasteiger partial charge in [0.25, 0.3) is 5.91 Å². The number of aryl methyl sites for hydroxylation is 1. The largest absolute Gasteiger partial charge is 0.506 e. The second-order valence-electron chi connectivity index (χ2n) is 4.39. The number of halogens is 2. The van der Waals surface area contributed by atoms with E-state index in [9.17, 15) is 9.90 Å². The number of nitrogens with one attached hydrogen (secondary N) is 1. The van der Waals surface area contributed by atoms with Crippen LogP contribution in [0.2, 0.25) is 10.0 Å². The molecule has 0 bridgehead atoms. The van der Waals surface area contributed by atoms with E-state index in [0.29, 0.717) is 0 Å². The predicted molar refractivity (Wildman–Crippen MR) is 84.4 cm³/mol. The molecule has 0 unspecified atom stereocenters. The molecule has 2 aromatic rings. The molecule has 0 saturated heterocycles. The minimum Gasteiger partial charge on any atom is -0.506 e. The van der Waals surface area contributed by atoms with Gasteiger partial charge in [-0.15, -0.1) is 0 Å². The van der Waals surface area contributed by atoms with Crippen LogP contribution in [0.4, 0.5) is 0 Å². The Morgan fingerprint density at radius 3 is 2.57 bits per heavy atom. The van der Waals surface area contributed by atoms with Crippen LogP contribution in [0.15, 0.2) is 41.5 Å². The van der Waals surface area contributed by atoms with Gasteiger partial charge in [-0.1, -0.05) is 53.0 Å². The monoisotopic (exact) mass is 322 g/mol. The van der Waals surface area contributed by atoms with Gasteiger partial charge in [0.2, 0.25) is 0 Å². The highest BCUT2D eigenvalue weighted by Crippen LogP contribution is 2.30. The molecule has 0 aliphatic heterocycles. The van der Waals surface area contributed by atoms with E-state index in [1.807, 2.05) is 31.2 Å². The first-order valence-corrected chi connectivity index (χ1v) is 6.81. The molecular weight excluding hydrogens is 311 g/mol.